The molecule has 1 aliphatic rings. The second kappa shape index (κ2) is 7.91. The van der Waals surface area contributed by atoms with Gasteiger partial charge in [-0.2, -0.15) is 0 Å². The van der Waals surface area contributed by atoms with Crippen LogP contribution >= 0.6 is 23.2 Å². The molecule has 1 aliphatic carbocycles. The summed E-state index contributed by atoms with van der Waals surface area (Å²) >= 11 is 11.5. The number of carbonyl (C=O) groups excluding carboxylic acids is 1. The second-order valence-electron chi connectivity index (χ2n) is 7.18. The molecule has 3 atom stereocenters. The van der Waals surface area contributed by atoms with E-state index in [0.29, 0.717) is 17.3 Å². The van der Waals surface area contributed by atoms with E-state index in [1.54, 1.807) is 25.1 Å². The molecule has 4 nitrogen and oxygen atoms in total. The average molecular weight is 406 g/mol. The van der Waals surface area contributed by atoms with Crippen molar-refractivity contribution < 1.29 is 14.3 Å². The molecule has 3 rings (SSSR count). The topological polar surface area (TPSA) is 48.4 Å². The molecule has 0 spiro atoms. The van der Waals surface area contributed by atoms with Crippen molar-refractivity contribution >= 4 is 29.2 Å². The third kappa shape index (κ3) is 4.63. The number of halogens is 2. The van der Waals surface area contributed by atoms with Crippen molar-refractivity contribution in [1.82, 2.24) is 4.98 Å². The lowest BCUT2D eigenvalue weighted by molar-refractivity contribution is -0.151. The summed E-state index contributed by atoms with van der Waals surface area (Å²) in [6.07, 6.45) is 1.20. The lowest BCUT2D eigenvalue weighted by Gasteiger charge is -2.14. The van der Waals surface area contributed by atoms with Crippen molar-refractivity contribution in [3.05, 3.63) is 64.8 Å². The molecule has 0 aliphatic heterocycles. The molecule has 2 aromatic rings. The standard InChI is InChI=1S/C21H21Cl2NO3/c1-13(26-20(25)19-15(12-17(22)23)21(19,2)3)16-10-7-11-18(24-16)27-14-8-5-4-6-9-14/h4-13,15,19H,1-3H3/t13-,15-,19+/m1/s1. The number of ether oxygens (including phenoxy) is 2. The van der Waals surface area contributed by atoms with E-state index in [0.717, 1.165) is 0 Å². The molecule has 6 heteroatoms. The molecule has 1 heterocycles. The molecule has 142 valence electrons. The summed E-state index contributed by atoms with van der Waals surface area (Å²) in [6.45, 7) is 5.78. The number of hydrogen-bond donors (Lipinski definition) is 0. The van der Waals surface area contributed by atoms with E-state index >= 15 is 0 Å². The monoisotopic (exact) mass is 405 g/mol. The number of allylic oxidation sites excluding steroid dienone is 1. The highest BCUT2D eigenvalue weighted by atomic mass is 35.5. The van der Waals surface area contributed by atoms with Crippen molar-refractivity contribution in [2.24, 2.45) is 17.3 Å². The molecule has 0 saturated heterocycles. The highest BCUT2D eigenvalue weighted by Gasteiger charge is 2.61. The van der Waals surface area contributed by atoms with Gasteiger partial charge in [-0.3, -0.25) is 4.79 Å². The molecular formula is C21H21Cl2NO3. The summed E-state index contributed by atoms with van der Waals surface area (Å²) in [4.78, 5) is 17.0. The smallest absolute Gasteiger partial charge is 0.310 e. The third-order valence-corrected chi connectivity index (χ3v) is 5.14. The van der Waals surface area contributed by atoms with Gasteiger partial charge >= 0.3 is 5.97 Å². The molecule has 1 aromatic carbocycles. The Morgan fingerprint density at radius 3 is 2.52 bits per heavy atom. The van der Waals surface area contributed by atoms with Crippen LogP contribution in [0.2, 0.25) is 0 Å². The summed E-state index contributed by atoms with van der Waals surface area (Å²) in [5.74, 6) is 0.570. The zero-order valence-electron chi connectivity index (χ0n) is 15.4. The van der Waals surface area contributed by atoms with Gasteiger partial charge in [0.25, 0.3) is 0 Å². The Bertz CT molecular complexity index is 848. The van der Waals surface area contributed by atoms with Crippen LogP contribution in [-0.4, -0.2) is 11.0 Å². The van der Waals surface area contributed by atoms with Crippen LogP contribution in [0.5, 0.6) is 11.6 Å². The van der Waals surface area contributed by atoms with Crippen molar-refractivity contribution in [1.29, 1.82) is 0 Å². The van der Waals surface area contributed by atoms with Crippen LogP contribution in [-0.2, 0) is 9.53 Å². The molecule has 0 unspecified atom stereocenters. The van der Waals surface area contributed by atoms with E-state index in [9.17, 15) is 4.79 Å². The Balaban J connectivity index is 1.66. The number of nitrogens with zero attached hydrogens (tertiary/aromatic N) is 1. The van der Waals surface area contributed by atoms with Gasteiger partial charge in [0.05, 0.1) is 11.6 Å². The van der Waals surface area contributed by atoms with Crippen LogP contribution in [0.3, 0.4) is 0 Å². The lowest BCUT2D eigenvalue weighted by Crippen LogP contribution is -2.14. The van der Waals surface area contributed by atoms with Crippen molar-refractivity contribution in [3.8, 4) is 11.6 Å². The number of esters is 1. The minimum atomic E-state index is -0.496. The van der Waals surface area contributed by atoms with Crippen LogP contribution in [0.25, 0.3) is 0 Å². The van der Waals surface area contributed by atoms with Crippen molar-refractivity contribution in [3.63, 3.8) is 0 Å². The Hall–Kier alpha value is -2.04. The summed E-state index contributed by atoms with van der Waals surface area (Å²) in [6, 6.07) is 14.8. The van der Waals surface area contributed by atoms with E-state index in [1.165, 1.54) is 0 Å². The minimum Gasteiger partial charge on any atom is -0.456 e. The SMILES string of the molecule is C[C@@H](OC(=O)[C@@H]1[C@@H](C=C(Cl)Cl)C1(C)C)c1cccc(Oc2ccccc2)n1. The lowest BCUT2D eigenvalue weighted by atomic mass is 10.1. The zero-order valence-corrected chi connectivity index (χ0v) is 16.9. The van der Waals surface area contributed by atoms with Gasteiger partial charge in [0.2, 0.25) is 5.88 Å². The molecular weight excluding hydrogens is 385 g/mol. The number of pyridine rings is 1. The molecule has 0 radical (unpaired) electrons. The summed E-state index contributed by atoms with van der Waals surface area (Å²) < 4.78 is 11.5. The summed E-state index contributed by atoms with van der Waals surface area (Å²) in [5, 5.41) is 0. The number of rotatable bonds is 6. The fourth-order valence-electron chi connectivity index (χ4n) is 3.21. The van der Waals surface area contributed by atoms with Crippen molar-refractivity contribution in [2.75, 3.05) is 0 Å². The molecule has 27 heavy (non-hydrogen) atoms. The average Bonchev–Trinajstić information content (AvgIpc) is 3.15. The molecule has 0 N–H and O–H groups in total. The number of hydrogen-bond acceptors (Lipinski definition) is 4. The minimum absolute atomic E-state index is 0.0251. The summed E-state index contributed by atoms with van der Waals surface area (Å²) in [7, 11) is 0. The number of benzene rings is 1. The first kappa shape index (κ1) is 19.7. The van der Waals surface area contributed by atoms with Gasteiger partial charge in [-0.15, -0.1) is 0 Å². The first-order chi connectivity index (χ1) is 12.8. The first-order valence-electron chi connectivity index (χ1n) is 8.72. The van der Waals surface area contributed by atoms with Gasteiger partial charge in [-0.05, 0) is 42.5 Å². The van der Waals surface area contributed by atoms with Gasteiger partial charge in [-0.1, -0.05) is 61.3 Å². The van der Waals surface area contributed by atoms with Gasteiger partial charge < -0.3 is 9.47 Å². The van der Waals surface area contributed by atoms with E-state index < -0.39 is 6.10 Å². The van der Waals surface area contributed by atoms with Crippen LogP contribution in [0.15, 0.2) is 59.1 Å². The maximum atomic E-state index is 12.6. The molecule has 0 amide bonds. The van der Waals surface area contributed by atoms with E-state index in [-0.39, 0.29) is 27.7 Å². The van der Waals surface area contributed by atoms with Crippen molar-refractivity contribution in [2.45, 2.75) is 26.9 Å². The van der Waals surface area contributed by atoms with Crippen LogP contribution < -0.4 is 4.74 Å². The summed E-state index contributed by atoms with van der Waals surface area (Å²) in [5.41, 5.74) is 0.398. The third-order valence-electron chi connectivity index (χ3n) is 4.89. The highest BCUT2D eigenvalue weighted by molar-refractivity contribution is 6.55. The maximum absolute atomic E-state index is 12.6. The Morgan fingerprint density at radius 2 is 1.85 bits per heavy atom. The molecule has 1 fully saturated rings. The first-order valence-corrected chi connectivity index (χ1v) is 9.48. The Kier molecular flexibility index (Phi) is 5.78. The van der Waals surface area contributed by atoms with Crippen LogP contribution in [0, 0.1) is 17.3 Å². The van der Waals surface area contributed by atoms with Crippen LogP contribution in [0.4, 0.5) is 0 Å². The molecule has 1 aromatic heterocycles. The van der Waals surface area contributed by atoms with E-state index in [4.69, 9.17) is 32.7 Å². The predicted octanol–water partition coefficient (Wildman–Crippen LogP) is 6.07. The normalized spacial score (nSPS) is 21.1. The van der Waals surface area contributed by atoms with E-state index in [2.05, 4.69) is 4.98 Å². The maximum Gasteiger partial charge on any atom is 0.310 e. The largest absolute Gasteiger partial charge is 0.456 e. The van der Waals surface area contributed by atoms with Gasteiger partial charge in [0.1, 0.15) is 16.3 Å². The quantitative estimate of drug-likeness (QED) is 0.547. The predicted molar refractivity (Wildman–Crippen MR) is 106 cm³/mol. The van der Waals surface area contributed by atoms with Crippen LogP contribution in [0.1, 0.15) is 32.6 Å². The zero-order chi connectivity index (χ0) is 19.6. The van der Waals surface area contributed by atoms with Gasteiger partial charge in [-0.25, -0.2) is 4.98 Å². The highest BCUT2D eigenvalue weighted by Crippen LogP contribution is 2.60. The number of para-hydroxylation sites is 1. The Labute approximate surface area is 169 Å². The van der Waals surface area contributed by atoms with Gasteiger partial charge in [0, 0.05) is 6.07 Å². The Morgan fingerprint density at radius 1 is 1.15 bits per heavy atom. The number of aromatic nitrogens is 1. The molecule has 0 bridgehead atoms. The fourth-order valence-corrected chi connectivity index (χ4v) is 3.48. The second-order valence-corrected chi connectivity index (χ2v) is 8.18. The fraction of sp³-hybridized carbons (Fsp3) is 0.333. The molecule has 1 saturated carbocycles. The number of carbonyl (C=O) groups is 1. The van der Waals surface area contributed by atoms with Gasteiger partial charge in [0.15, 0.2) is 0 Å². The van der Waals surface area contributed by atoms with E-state index in [1.807, 2.05) is 50.2 Å².